The van der Waals surface area contributed by atoms with Crippen LogP contribution in [0.3, 0.4) is 0 Å². The maximum Gasteiger partial charge on any atom is 0.307 e. The van der Waals surface area contributed by atoms with Crippen LogP contribution >= 0.6 is 0 Å². The zero-order chi connectivity index (χ0) is 15.2. The molecule has 0 amide bonds. The molecule has 0 spiro atoms. The van der Waals surface area contributed by atoms with Gasteiger partial charge in [0.15, 0.2) is 0 Å². The maximum atomic E-state index is 10.9. The summed E-state index contributed by atoms with van der Waals surface area (Å²) < 4.78 is 5.76. The van der Waals surface area contributed by atoms with Gasteiger partial charge in [0, 0.05) is 6.04 Å². The van der Waals surface area contributed by atoms with Crippen LogP contribution in [-0.2, 0) is 17.8 Å². The lowest BCUT2D eigenvalue weighted by Gasteiger charge is -2.12. The molecule has 2 rings (SSSR count). The first-order chi connectivity index (χ1) is 10.1. The molecule has 0 aliphatic rings. The molecule has 0 aliphatic heterocycles. The predicted octanol–water partition coefficient (Wildman–Crippen LogP) is 2.91. The Bertz CT molecular complexity index is 623. The molecule has 0 fully saturated rings. The largest absolute Gasteiger partial charge is 0.489 e. The van der Waals surface area contributed by atoms with E-state index >= 15 is 0 Å². The van der Waals surface area contributed by atoms with E-state index in [-0.39, 0.29) is 12.5 Å². The van der Waals surface area contributed by atoms with Crippen LogP contribution in [0, 0.1) is 0 Å². The molecule has 0 unspecified atom stereocenters. The SMILES string of the molecule is C[C@H](N)c1cccc(OCc2ccccc2CC(=O)O)c1. The van der Waals surface area contributed by atoms with E-state index in [0.29, 0.717) is 6.61 Å². The first-order valence-corrected chi connectivity index (χ1v) is 6.83. The Morgan fingerprint density at radius 2 is 1.90 bits per heavy atom. The van der Waals surface area contributed by atoms with Gasteiger partial charge in [-0.05, 0) is 35.7 Å². The topological polar surface area (TPSA) is 72.5 Å². The number of hydrogen-bond acceptors (Lipinski definition) is 3. The summed E-state index contributed by atoms with van der Waals surface area (Å²) in [6.45, 7) is 2.26. The minimum absolute atomic E-state index is 0.000588. The van der Waals surface area contributed by atoms with E-state index in [1.807, 2.05) is 55.5 Å². The number of carboxylic acids is 1. The van der Waals surface area contributed by atoms with Crippen LogP contribution in [0.25, 0.3) is 0 Å². The van der Waals surface area contributed by atoms with E-state index < -0.39 is 5.97 Å². The Labute approximate surface area is 124 Å². The van der Waals surface area contributed by atoms with Gasteiger partial charge < -0.3 is 15.6 Å². The summed E-state index contributed by atoms with van der Waals surface area (Å²) in [6, 6.07) is 15.0. The lowest BCUT2D eigenvalue weighted by molar-refractivity contribution is -0.136. The Morgan fingerprint density at radius 3 is 2.57 bits per heavy atom. The van der Waals surface area contributed by atoms with Crippen molar-refractivity contribution < 1.29 is 14.6 Å². The first-order valence-electron chi connectivity index (χ1n) is 6.83. The van der Waals surface area contributed by atoms with Gasteiger partial charge in [0.1, 0.15) is 12.4 Å². The van der Waals surface area contributed by atoms with E-state index in [4.69, 9.17) is 15.6 Å². The van der Waals surface area contributed by atoms with Crippen LogP contribution < -0.4 is 10.5 Å². The van der Waals surface area contributed by atoms with Crippen LogP contribution in [0.2, 0.25) is 0 Å². The smallest absolute Gasteiger partial charge is 0.307 e. The van der Waals surface area contributed by atoms with Gasteiger partial charge in [0.2, 0.25) is 0 Å². The highest BCUT2D eigenvalue weighted by Gasteiger charge is 2.07. The minimum atomic E-state index is -0.846. The van der Waals surface area contributed by atoms with Crippen molar-refractivity contribution in [3.05, 3.63) is 65.2 Å². The number of hydrogen-bond donors (Lipinski definition) is 2. The third-order valence-corrected chi connectivity index (χ3v) is 3.24. The summed E-state index contributed by atoms with van der Waals surface area (Å²) in [5, 5.41) is 8.92. The molecule has 0 radical (unpaired) electrons. The predicted molar refractivity (Wildman–Crippen MR) is 81.2 cm³/mol. The van der Waals surface area contributed by atoms with Crippen molar-refractivity contribution in [2.24, 2.45) is 5.73 Å². The van der Waals surface area contributed by atoms with Gasteiger partial charge in [-0.1, -0.05) is 36.4 Å². The Kier molecular flexibility index (Phi) is 4.95. The summed E-state index contributed by atoms with van der Waals surface area (Å²) in [5.41, 5.74) is 8.51. The number of nitrogens with two attached hydrogens (primary N) is 1. The zero-order valence-electron chi connectivity index (χ0n) is 12.0. The van der Waals surface area contributed by atoms with Crippen LogP contribution in [-0.4, -0.2) is 11.1 Å². The summed E-state index contributed by atoms with van der Waals surface area (Å²) in [6.07, 6.45) is -0.000588. The van der Waals surface area contributed by atoms with Gasteiger partial charge in [-0.15, -0.1) is 0 Å². The average molecular weight is 285 g/mol. The molecule has 0 aliphatic carbocycles. The molecule has 4 heteroatoms. The average Bonchev–Trinajstić information content (AvgIpc) is 2.46. The van der Waals surface area contributed by atoms with Crippen molar-refractivity contribution in [1.82, 2.24) is 0 Å². The zero-order valence-corrected chi connectivity index (χ0v) is 12.0. The van der Waals surface area contributed by atoms with Crippen LogP contribution in [0.1, 0.15) is 29.7 Å². The number of carboxylic acid groups (broad SMARTS) is 1. The van der Waals surface area contributed by atoms with E-state index in [0.717, 1.165) is 22.4 Å². The molecule has 0 bridgehead atoms. The Morgan fingerprint density at radius 1 is 1.19 bits per heavy atom. The van der Waals surface area contributed by atoms with Gasteiger partial charge >= 0.3 is 5.97 Å². The monoisotopic (exact) mass is 285 g/mol. The van der Waals surface area contributed by atoms with E-state index in [1.165, 1.54) is 0 Å². The summed E-state index contributed by atoms with van der Waals surface area (Å²) in [4.78, 5) is 10.9. The lowest BCUT2D eigenvalue weighted by atomic mass is 10.1. The fourth-order valence-electron chi connectivity index (χ4n) is 2.08. The second kappa shape index (κ2) is 6.90. The highest BCUT2D eigenvalue weighted by molar-refractivity contribution is 5.70. The molecule has 0 heterocycles. The fourth-order valence-corrected chi connectivity index (χ4v) is 2.08. The molecule has 110 valence electrons. The molecule has 0 aromatic heterocycles. The number of benzene rings is 2. The van der Waals surface area contributed by atoms with Crippen molar-refractivity contribution in [2.45, 2.75) is 26.0 Å². The van der Waals surface area contributed by atoms with Crippen molar-refractivity contribution in [1.29, 1.82) is 0 Å². The molecular weight excluding hydrogens is 266 g/mol. The van der Waals surface area contributed by atoms with Gasteiger partial charge in [-0.3, -0.25) is 4.79 Å². The van der Waals surface area contributed by atoms with E-state index in [2.05, 4.69) is 0 Å². The van der Waals surface area contributed by atoms with Crippen molar-refractivity contribution in [2.75, 3.05) is 0 Å². The molecule has 2 aromatic rings. The Hall–Kier alpha value is -2.33. The van der Waals surface area contributed by atoms with Gasteiger partial charge in [-0.2, -0.15) is 0 Å². The summed E-state index contributed by atoms with van der Waals surface area (Å²) >= 11 is 0. The number of carbonyl (C=O) groups is 1. The highest BCUT2D eigenvalue weighted by atomic mass is 16.5. The van der Waals surface area contributed by atoms with Crippen LogP contribution in [0.4, 0.5) is 0 Å². The van der Waals surface area contributed by atoms with Crippen LogP contribution in [0.15, 0.2) is 48.5 Å². The second-order valence-electron chi connectivity index (χ2n) is 4.99. The molecule has 0 saturated carbocycles. The molecule has 4 nitrogen and oxygen atoms in total. The number of rotatable bonds is 6. The van der Waals surface area contributed by atoms with E-state index in [1.54, 1.807) is 0 Å². The summed E-state index contributed by atoms with van der Waals surface area (Å²) in [7, 11) is 0. The lowest BCUT2D eigenvalue weighted by Crippen LogP contribution is -2.07. The third kappa shape index (κ3) is 4.33. The normalized spacial score (nSPS) is 11.9. The molecule has 21 heavy (non-hydrogen) atoms. The molecule has 0 saturated heterocycles. The van der Waals surface area contributed by atoms with Gasteiger partial charge in [0.25, 0.3) is 0 Å². The Balaban J connectivity index is 2.09. The molecule has 3 N–H and O–H groups in total. The van der Waals surface area contributed by atoms with E-state index in [9.17, 15) is 4.79 Å². The fraction of sp³-hybridized carbons (Fsp3) is 0.235. The van der Waals surface area contributed by atoms with Gasteiger partial charge in [0.05, 0.1) is 6.42 Å². The molecule has 1 atom stereocenters. The summed E-state index contributed by atoms with van der Waals surface area (Å²) in [5.74, 6) is -0.115. The maximum absolute atomic E-state index is 10.9. The van der Waals surface area contributed by atoms with Crippen molar-refractivity contribution in [3.8, 4) is 5.75 Å². The third-order valence-electron chi connectivity index (χ3n) is 3.24. The minimum Gasteiger partial charge on any atom is -0.489 e. The second-order valence-corrected chi connectivity index (χ2v) is 4.99. The van der Waals surface area contributed by atoms with Gasteiger partial charge in [-0.25, -0.2) is 0 Å². The molecule has 2 aromatic carbocycles. The quantitative estimate of drug-likeness (QED) is 0.856. The molecular formula is C17H19NO3. The van der Waals surface area contributed by atoms with Crippen molar-refractivity contribution in [3.63, 3.8) is 0 Å². The number of ether oxygens (including phenoxy) is 1. The highest BCUT2D eigenvalue weighted by Crippen LogP contribution is 2.19. The van der Waals surface area contributed by atoms with Crippen molar-refractivity contribution >= 4 is 5.97 Å². The first kappa shape index (κ1) is 15.1. The van der Waals surface area contributed by atoms with Crippen LogP contribution in [0.5, 0.6) is 5.75 Å². The number of aliphatic carboxylic acids is 1. The standard InChI is InChI=1S/C17H19NO3/c1-12(18)13-7-4-8-16(9-13)21-11-15-6-3-2-5-14(15)10-17(19)20/h2-9,12H,10-11,18H2,1H3,(H,19,20)/t12-/m0/s1.